The molecule has 0 atom stereocenters. The van der Waals surface area contributed by atoms with Gasteiger partial charge in [0.2, 0.25) is 0 Å². The van der Waals surface area contributed by atoms with Crippen LogP contribution in [0.2, 0.25) is 0 Å². The fraction of sp³-hybridized carbons (Fsp3) is 0.636. The molecule has 1 aliphatic rings. The predicted molar refractivity (Wildman–Crippen MR) is 66.9 cm³/mol. The van der Waals surface area contributed by atoms with Crippen LogP contribution < -0.4 is 5.32 Å². The highest BCUT2D eigenvalue weighted by Gasteiger charge is 2.18. The van der Waals surface area contributed by atoms with E-state index in [1.165, 1.54) is 19.0 Å². The van der Waals surface area contributed by atoms with Crippen LogP contribution in [0.15, 0.2) is 6.20 Å². The molecule has 0 spiro atoms. The maximum absolute atomic E-state index is 10.5. The summed E-state index contributed by atoms with van der Waals surface area (Å²) in [6.45, 7) is 0. The predicted octanol–water partition coefficient (Wildman–Crippen LogP) is 1.94. The Morgan fingerprint density at radius 1 is 1.21 bits per heavy atom. The first kappa shape index (κ1) is 14.9. The fourth-order valence-electron chi connectivity index (χ4n) is 1.90. The number of carboxylic acids is 1. The van der Waals surface area contributed by atoms with Gasteiger partial charge in [0.25, 0.3) is 0 Å². The molecular weight excluding hydrogens is 252 g/mol. The minimum atomic E-state index is -1.15. The molecule has 0 aromatic carbocycles. The minimum absolute atomic E-state index is 0.0394. The second-order valence-electron chi connectivity index (χ2n) is 4.32. The number of H-pyrrole nitrogens is 1. The van der Waals surface area contributed by atoms with Crippen molar-refractivity contribution in [1.82, 2.24) is 15.4 Å². The van der Waals surface area contributed by atoms with Crippen LogP contribution >= 0.6 is 0 Å². The molecule has 0 saturated heterocycles. The zero-order chi connectivity index (χ0) is 14.1. The maximum atomic E-state index is 10.5. The summed E-state index contributed by atoms with van der Waals surface area (Å²) in [5.74, 6) is -0.438. The molecule has 1 fully saturated rings. The molecule has 0 aliphatic heterocycles. The molecule has 4 N–H and O–H groups in total. The lowest BCUT2D eigenvalue weighted by Gasteiger charge is -2.05. The molecular formula is C11H18N4O4. The molecule has 1 aliphatic carbocycles. The highest BCUT2D eigenvalue weighted by atomic mass is 16.4. The van der Waals surface area contributed by atoms with Crippen LogP contribution in [-0.2, 0) is 4.79 Å². The lowest BCUT2D eigenvalue weighted by molar-refractivity contribution is -0.142. The molecule has 1 aromatic heterocycles. The van der Waals surface area contributed by atoms with Crippen molar-refractivity contribution in [2.75, 3.05) is 5.32 Å². The SMILES string of the molecule is O=C(O)C1CCCCCC1.O=C(O)Nc1c[nH]nn1. The lowest BCUT2D eigenvalue weighted by atomic mass is 10.0. The summed E-state index contributed by atoms with van der Waals surface area (Å²) in [6, 6.07) is 0. The monoisotopic (exact) mass is 270 g/mol. The van der Waals surface area contributed by atoms with Crippen molar-refractivity contribution in [2.24, 2.45) is 5.92 Å². The molecule has 1 saturated carbocycles. The molecule has 1 aromatic rings. The molecule has 0 unspecified atom stereocenters. The standard InChI is InChI=1S/C8H14O2.C3H4N4O2/c9-8(10)7-5-3-1-2-4-6-7;8-3(9)5-2-1-4-7-6-2/h7H,1-6H2,(H,9,10);1H,(H,8,9)(H2,4,5,6,7). The summed E-state index contributed by atoms with van der Waals surface area (Å²) in [5.41, 5.74) is 0. The third kappa shape index (κ3) is 6.39. The highest BCUT2D eigenvalue weighted by Crippen LogP contribution is 2.22. The Balaban J connectivity index is 0.000000191. The maximum Gasteiger partial charge on any atom is 0.410 e. The first-order chi connectivity index (χ1) is 9.09. The van der Waals surface area contributed by atoms with E-state index < -0.39 is 12.1 Å². The molecule has 0 radical (unpaired) electrons. The van der Waals surface area contributed by atoms with Gasteiger partial charge in [0.05, 0.1) is 12.1 Å². The number of nitrogens with zero attached hydrogens (tertiary/aromatic N) is 2. The third-order valence-corrected chi connectivity index (χ3v) is 2.86. The minimum Gasteiger partial charge on any atom is -0.481 e. The Hall–Kier alpha value is -2.12. The zero-order valence-electron chi connectivity index (χ0n) is 10.5. The van der Waals surface area contributed by atoms with Gasteiger partial charge in [0.1, 0.15) is 0 Å². The Bertz CT molecular complexity index is 385. The third-order valence-electron chi connectivity index (χ3n) is 2.86. The van der Waals surface area contributed by atoms with Gasteiger partial charge in [-0.2, -0.15) is 0 Å². The van der Waals surface area contributed by atoms with Crippen molar-refractivity contribution >= 4 is 17.9 Å². The fourth-order valence-corrected chi connectivity index (χ4v) is 1.90. The Morgan fingerprint density at radius 2 is 1.84 bits per heavy atom. The smallest absolute Gasteiger partial charge is 0.410 e. The highest BCUT2D eigenvalue weighted by molar-refractivity contribution is 5.80. The molecule has 0 bridgehead atoms. The average Bonchev–Trinajstić information content (AvgIpc) is 2.69. The summed E-state index contributed by atoms with van der Waals surface area (Å²) in [5, 5.41) is 27.7. The first-order valence-electron chi connectivity index (χ1n) is 6.19. The van der Waals surface area contributed by atoms with E-state index in [9.17, 15) is 9.59 Å². The Morgan fingerprint density at radius 3 is 2.26 bits per heavy atom. The molecule has 1 heterocycles. The van der Waals surface area contributed by atoms with Crippen LogP contribution in [0, 0.1) is 5.92 Å². The lowest BCUT2D eigenvalue weighted by Crippen LogP contribution is -2.11. The van der Waals surface area contributed by atoms with Gasteiger partial charge in [0.15, 0.2) is 5.82 Å². The van der Waals surface area contributed by atoms with E-state index in [1.54, 1.807) is 0 Å². The number of amides is 1. The van der Waals surface area contributed by atoms with E-state index in [2.05, 4.69) is 15.4 Å². The van der Waals surface area contributed by atoms with Gasteiger partial charge >= 0.3 is 12.1 Å². The first-order valence-corrected chi connectivity index (χ1v) is 6.19. The number of hydrogen-bond donors (Lipinski definition) is 4. The van der Waals surface area contributed by atoms with E-state index in [4.69, 9.17) is 10.2 Å². The summed E-state index contributed by atoms with van der Waals surface area (Å²) in [7, 11) is 0. The topological polar surface area (TPSA) is 128 Å². The summed E-state index contributed by atoms with van der Waals surface area (Å²) in [4.78, 5) is 20.4. The van der Waals surface area contributed by atoms with Crippen LogP contribution in [0.25, 0.3) is 0 Å². The van der Waals surface area contributed by atoms with Gasteiger partial charge in [-0.25, -0.2) is 4.79 Å². The van der Waals surface area contributed by atoms with E-state index in [0.717, 1.165) is 25.7 Å². The van der Waals surface area contributed by atoms with Gasteiger partial charge in [0, 0.05) is 0 Å². The van der Waals surface area contributed by atoms with Crippen LogP contribution in [-0.4, -0.2) is 37.7 Å². The summed E-state index contributed by atoms with van der Waals surface area (Å²) in [6.07, 6.45) is 6.66. The van der Waals surface area contributed by atoms with Gasteiger partial charge in [-0.05, 0) is 12.8 Å². The average molecular weight is 270 g/mol. The molecule has 106 valence electrons. The summed E-state index contributed by atoms with van der Waals surface area (Å²) >= 11 is 0. The number of aliphatic carboxylic acids is 1. The van der Waals surface area contributed by atoms with Crippen molar-refractivity contribution in [3.63, 3.8) is 0 Å². The van der Waals surface area contributed by atoms with Crippen molar-refractivity contribution < 1.29 is 19.8 Å². The van der Waals surface area contributed by atoms with Crippen LogP contribution in [0.1, 0.15) is 38.5 Å². The largest absolute Gasteiger partial charge is 0.481 e. The van der Waals surface area contributed by atoms with Crippen molar-refractivity contribution in [1.29, 1.82) is 0 Å². The number of aromatic nitrogens is 3. The second-order valence-corrected chi connectivity index (χ2v) is 4.32. The van der Waals surface area contributed by atoms with E-state index in [-0.39, 0.29) is 11.7 Å². The number of aromatic amines is 1. The van der Waals surface area contributed by atoms with E-state index in [1.807, 2.05) is 5.32 Å². The number of carbonyl (C=O) groups is 2. The Labute approximate surface area is 110 Å². The zero-order valence-corrected chi connectivity index (χ0v) is 10.5. The van der Waals surface area contributed by atoms with Gasteiger partial charge in [-0.3, -0.25) is 15.2 Å². The molecule has 8 heteroatoms. The van der Waals surface area contributed by atoms with Crippen LogP contribution in [0.3, 0.4) is 0 Å². The van der Waals surface area contributed by atoms with Crippen LogP contribution in [0.4, 0.5) is 10.6 Å². The molecule has 2 rings (SSSR count). The number of hydrogen-bond acceptors (Lipinski definition) is 4. The number of anilines is 1. The van der Waals surface area contributed by atoms with Gasteiger partial charge in [-0.15, -0.1) is 5.10 Å². The van der Waals surface area contributed by atoms with E-state index in [0.29, 0.717) is 0 Å². The van der Waals surface area contributed by atoms with Gasteiger partial charge < -0.3 is 10.2 Å². The second kappa shape index (κ2) is 8.06. The van der Waals surface area contributed by atoms with Gasteiger partial charge in [-0.1, -0.05) is 30.9 Å². The van der Waals surface area contributed by atoms with Crippen LogP contribution in [0.5, 0.6) is 0 Å². The van der Waals surface area contributed by atoms with Crippen molar-refractivity contribution in [2.45, 2.75) is 38.5 Å². The summed E-state index contributed by atoms with van der Waals surface area (Å²) < 4.78 is 0. The molecule has 1 amide bonds. The number of rotatable bonds is 2. The molecule has 19 heavy (non-hydrogen) atoms. The quantitative estimate of drug-likeness (QED) is 0.608. The normalized spacial score (nSPS) is 15.8. The van der Waals surface area contributed by atoms with E-state index >= 15 is 0 Å². The number of nitrogens with one attached hydrogen (secondary N) is 2. The van der Waals surface area contributed by atoms with Crippen molar-refractivity contribution in [3.8, 4) is 0 Å². The number of carboxylic acid groups (broad SMARTS) is 2. The Kier molecular flexibility index (Phi) is 6.34. The van der Waals surface area contributed by atoms with Crippen molar-refractivity contribution in [3.05, 3.63) is 6.20 Å². The molecule has 8 nitrogen and oxygen atoms in total.